The Bertz CT molecular complexity index is 762. The number of carbonyl (C=O) groups is 2. The Kier molecular flexibility index (Phi) is 6.28. The predicted molar refractivity (Wildman–Crippen MR) is 95.6 cm³/mol. The maximum absolute atomic E-state index is 11.9. The molecule has 0 unspecified atom stereocenters. The molecule has 7 heteroatoms. The monoisotopic (exact) mass is 354 g/mol. The second kappa shape index (κ2) is 7.99. The van der Waals surface area contributed by atoms with Crippen LogP contribution in [0.5, 0.6) is 0 Å². The zero-order valence-electron chi connectivity index (χ0n) is 12.8. The van der Waals surface area contributed by atoms with Gasteiger partial charge in [0.05, 0.1) is 16.0 Å². The van der Waals surface area contributed by atoms with Crippen LogP contribution in [-0.2, 0) is 16.1 Å². The van der Waals surface area contributed by atoms with Gasteiger partial charge in [0.2, 0.25) is 0 Å². The minimum atomic E-state index is -0.262. The number of nitrogens with zero attached hydrogens (tertiary/aromatic N) is 2. The Morgan fingerprint density at radius 2 is 2.14 bits per heavy atom. The lowest BCUT2D eigenvalue weighted by Gasteiger charge is -2.03. The van der Waals surface area contributed by atoms with Gasteiger partial charge in [0, 0.05) is 18.4 Å². The molecule has 0 aliphatic rings. The van der Waals surface area contributed by atoms with Gasteiger partial charge in [0.1, 0.15) is 0 Å². The average molecular weight is 355 g/mol. The number of benzene rings is 1. The molecule has 2 aromatic rings. The molecule has 4 nitrogen and oxygen atoms in total. The van der Waals surface area contributed by atoms with E-state index >= 15 is 0 Å². The Balaban J connectivity index is 2.44. The van der Waals surface area contributed by atoms with E-state index in [2.05, 4.69) is 34.7 Å². The molecule has 0 bridgehead atoms. The van der Waals surface area contributed by atoms with E-state index in [0.717, 1.165) is 34.9 Å². The summed E-state index contributed by atoms with van der Waals surface area (Å²) in [6, 6.07) is 6.30. The van der Waals surface area contributed by atoms with Crippen LogP contribution in [0.25, 0.3) is 10.2 Å². The molecule has 2 rings (SSSR count). The molecule has 1 aromatic carbocycles. The standard InChI is InChI=1S/C15H18N2O2S3/c1-4-7-17-12-6-5-11(20-3)8-13(12)22-15(17)16-14(19)9-21-10(2)18/h5-6,8H,4,7,9H2,1-3H3. The zero-order chi connectivity index (χ0) is 16.1. The van der Waals surface area contributed by atoms with Crippen LogP contribution < -0.4 is 4.80 Å². The molecule has 0 spiro atoms. The van der Waals surface area contributed by atoms with Crippen LogP contribution in [0.4, 0.5) is 0 Å². The minimum Gasteiger partial charge on any atom is -0.316 e. The first kappa shape index (κ1) is 17.3. The lowest BCUT2D eigenvalue weighted by atomic mass is 10.3. The molecule has 0 saturated heterocycles. The van der Waals surface area contributed by atoms with E-state index in [1.807, 2.05) is 6.26 Å². The van der Waals surface area contributed by atoms with Crippen LogP contribution >= 0.6 is 34.9 Å². The highest BCUT2D eigenvalue weighted by molar-refractivity contribution is 8.14. The number of fused-ring (bicyclic) bond motifs is 1. The van der Waals surface area contributed by atoms with Crippen LogP contribution in [-0.4, -0.2) is 27.6 Å². The number of rotatable bonds is 5. The van der Waals surface area contributed by atoms with Crippen molar-refractivity contribution in [2.45, 2.75) is 31.7 Å². The summed E-state index contributed by atoms with van der Waals surface area (Å²) in [5, 5.41) is -0.0639. The van der Waals surface area contributed by atoms with Gasteiger partial charge in [0.25, 0.3) is 5.91 Å². The Hall–Kier alpha value is -1.05. The van der Waals surface area contributed by atoms with Crippen LogP contribution in [0.3, 0.4) is 0 Å². The van der Waals surface area contributed by atoms with E-state index in [1.165, 1.54) is 23.2 Å². The van der Waals surface area contributed by atoms with E-state index in [4.69, 9.17) is 0 Å². The molecular weight excluding hydrogens is 336 g/mol. The number of amides is 1. The topological polar surface area (TPSA) is 51.4 Å². The molecule has 0 fully saturated rings. The summed E-state index contributed by atoms with van der Waals surface area (Å²) < 4.78 is 3.21. The molecule has 0 N–H and O–H groups in total. The first-order valence-electron chi connectivity index (χ1n) is 6.93. The second-order valence-electron chi connectivity index (χ2n) is 4.66. The zero-order valence-corrected chi connectivity index (χ0v) is 15.2. The van der Waals surface area contributed by atoms with Crippen molar-refractivity contribution < 1.29 is 9.59 Å². The van der Waals surface area contributed by atoms with Crippen molar-refractivity contribution in [3.8, 4) is 0 Å². The predicted octanol–water partition coefficient (Wildman–Crippen LogP) is 3.54. The van der Waals surface area contributed by atoms with Crippen molar-refractivity contribution in [3.63, 3.8) is 0 Å². The van der Waals surface area contributed by atoms with Crippen molar-refractivity contribution in [2.75, 3.05) is 12.0 Å². The minimum absolute atomic E-state index is 0.0639. The number of aromatic nitrogens is 1. The molecule has 1 aromatic heterocycles. The molecular formula is C15H18N2O2S3. The lowest BCUT2D eigenvalue weighted by Crippen LogP contribution is -2.17. The van der Waals surface area contributed by atoms with Gasteiger partial charge in [-0.2, -0.15) is 4.99 Å². The van der Waals surface area contributed by atoms with Crippen molar-refractivity contribution in [3.05, 3.63) is 23.0 Å². The van der Waals surface area contributed by atoms with Crippen molar-refractivity contribution in [2.24, 2.45) is 4.99 Å². The summed E-state index contributed by atoms with van der Waals surface area (Å²) in [5.41, 5.74) is 1.11. The van der Waals surface area contributed by atoms with Crippen LogP contribution in [0.1, 0.15) is 20.3 Å². The first-order valence-corrected chi connectivity index (χ1v) is 9.96. The third-order valence-corrected chi connectivity index (χ3v) is 5.52. The van der Waals surface area contributed by atoms with E-state index in [9.17, 15) is 9.59 Å². The van der Waals surface area contributed by atoms with E-state index in [1.54, 1.807) is 11.8 Å². The maximum Gasteiger partial charge on any atom is 0.258 e. The van der Waals surface area contributed by atoms with Gasteiger partial charge < -0.3 is 4.57 Å². The number of carbonyl (C=O) groups excluding carboxylic acids is 2. The van der Waals surface area contributed by atoms with Gasteiger partial charge in [-0.05, 0) is 30.9 Å². The van der Waals surface area contributed by atoms with Crippen molar-refractivity contribution in [1.29, 1.82) is 0 Å². The van der Waals surface area contributed by atoms with Gasteiger partial charge in [-0.15, -0.1) is 11.8 Å². The quantitative estimate of drug-likeness (QED) is 0.771. The molecule has 22 heavy (non-hydrogen) atoms. The first-order chi connectivity index (χ1) is 10.5. The van der Waals surface area contributed by atoms with Gasteiger partial charge >= 0.3 is 0 Å². The highest BCUT2D eigenvalue weighted by Gasteiger charge is 2.09. The summed E-state index contributed by atoms with van der Waals surface area (Å²) in [6.07, 6.45) is 3.02. The fourth-order valence-corrected chi connectivity index (χ4v) is 4.03. The summed E-state index contributed by atoms with van der Waals surface area (Å²) in [7, 11) is 0. The SMILES string of the molecule is CCCn1c(=NC(=O)CSC(C)=O)sc2cc(SC)ccc21. The highest BCUT2D eigenvalue weighted by atomic mass is 32.2. The van der Waals surface area contributed by atoms with Crippen LogP contribution in [0.2, 0.25) is 0 Å². The smallest absolute Gasteiger partial charge is 0.258 e. The normalized spacial score (nSPS) is 12.0. The molecule has 0 aliphatic carbocycles. The van der Waals surface area contributed by atoms with E-state index in [0.29, 0.717) is 4.80 Å². The lowest BCUT2D eigenvalue weighted by molar-refractivity contribution is -0.116. The van der Waals surface area contributed by atoms with E-state index < -0.39 is 0 Å². The van der Waals surface area contributed by atoms with E-state index in [-0.39, 0.29) is 16.8 Å². The van der Waals surface area contributed by atoms with Gasteiger partial charge in [-0.1, -0.05) is 30.0 Å². The Morgan fingerprint density at radius 1 is 1.36 bits per heavy atom. The molecule has 118 valence electrons. The highest BCUT2D eigenvalue weighted by Crippen LogP contribution is 2.24. The average Bonchev–Trinajstić information content (AvgIpc) is 2.82. The fourth-order valence-electron chi connectivity index (χ4n) is 2.01. The molecule has 0 atom stereocenters. The largest absolute Gasteiger partial charge is 0.316 e. The molecule has 1 heterocycles. The van der Waals surface area contributed by atoms with Gasteiger partial charge in [-0.3, -0.25) is 9.59 Å². The summed E-state index contributed by atoms with van der Waals surface area (Å²) in [6.45, 7) is 4.38. The van der Waals surface area contributed by atoms with Gasteiger partial charge in [0.15, 0.2) is 9.92 Å². The Labute approximate surface area is 142 Å². The van der Waals surface area contributed by atoms with Crippen LogP contribution in [0, 0.1) is 0 Å². The number of aryl methyl sites for hydroxylation is 1. The number of thiazole rings is 1. The van der Waals surface area contributed by atoms with Crippen molar-refractivity contribution in [1.82, 2.24) is 4.57 Å². The third-order valence-electron chi connectivity index (χ3n) is 2.96. The summed E-state index contributed by atoms with van der Waals surface area (Å²) >= 11 is 4.22. The maximum atomic E-state index is 11.9. The molecule has 0 aliphatic heterocycles. The molecule has 0 radical (unpaired) electrons. The third kappa shape index (κ3) is 4.24. The number of thioether (sulfide) groups is 2. The summed E-state index contributed by atoms with van der Waals surface area (Å²) in [4.78, 5) is 29.0. The molecule has 1 amide bonds. The molecule has 0 saturated carbocycles. The second-order valence-corrected chi connectivity index (χ2v) is 7.70. The summed E-state index contributed by atoms with van der Waals surface area (Å²) in [5.74, 6) is -0.159. The number of hydrogen-bond donors (Lipinski definition) is 0. The van der Waals surface area contributed by atoms with Crippen LogP contribution in [0.15, 0.2) is 28.1 Å². The fraction of sp³-hybridized carbons (Fsp3) is 0.400. The Morgan fingerprint density at radius 3 is 2.77 bits per heavy atom. The van der Waals surface area contributed by atoms with Gasteiger partial charge in [-0.25, -0.2) is 0 Å². The van der Waals surface area contributed by atoms with Crippen molar-refractivity contribution >= 4 is 56.1 Å². The number of hydrogen-bond acceptors (Lipinski definition) is 5.